The van der Waals surface area contributed by atoms with E-state index in [1.165, 1.54) is 96.3 Å². The number of carbonyl (C=O) groups excluding carboxylic acids is 1. The van der Waals surface area contributed by atoms with Crippen molar-refractivity contribution in [2.75, 3.05) is 13.2 Å². The van der Waals surface area contributed by atoms with E-state index in [9.17, 15) is 4.79 Å². The molecule has 2 N–H and O–H groups in total. The van der Waals surface area contributed by atoms with Gasteiger partial charge in [0.2, 0.25) is 5.91 Å². The summed E-state index contributed by atoms with van der Waals surface area (Å²) in [4.78, 5) is 11.4. The molecule has 0 radical (unpaired) electrons. The standard InChI is InChI=1S/C24H45NO3/c25-24(26)21(18-23-20-28-23)16-14-12-10-8-6-4-2-1-3-5-7-9-11-13-15-17-22-19-27-22/h21-23H,1-20H2,(H2,25,26). The van der Waals surface area contributed by atoms with Gasteiger partial charge in [0.15, 0.2) is 0 Å². The van der Waals surface area contributed by atoms with Gasteiger partial charge in [-0.05, 0) is 19.3 Å². The average molecular weight is 396 g/mol. The van der Waals surface area contributed by atoms with Crippen molar-refractivity contribution in [2.24, 2.45) is 11.7 Å². The van der Waals surface area contributed by atoms with E-state index in [2.05, 4.69) is 0 Å². The number of unbranched alkanes of at least 4 members (excludes halogenated alkanes) is 14. The van der Waals surface area contributed by atoms with Crippen LogP contribution in [0.5, 0.6) is 0 Å². The first-order valence-electron chi connectivity index (χ1n) is 12.3. The molecule has 0 aromatic rings. The molecule has 3 atom stereocenters. The average Bonchev–Trinajstić information content (AvgIpc) is 3.58. The normalized spacial score (nSPS) is 21.6. The number of amides is 1. The molecule has 2 fully saturated rings. The second-order valence-corrected chi connectivity index (χ2v) is 9.13. The van der Waals surface area contributed by atoms with Gasteiger partial charge in [-0.1, -0.05) is 96.3 Å². The smallest absolute Gasteiger partial charge is 0.220 e. The summed E-state index contributed by atoms with van der Waals surface area (Å²) in [5.74, 6) is -0.107. The predicted octanol–water partition coefficient (Wildman–Crippen LogP) is 5.91. The molecule has 2 heterocycles. The van der Waals surface area contributed by atoms with Gasteiger partial charge in [-0.25, -0.2) is 0 Å². The molecule has 0 aromatic heterocycles. The van der Waals surface area contributed by atoms with Crippen molar-refractivity contribution in [3.63, 3.8) is 0 Å². The van der Waals surface area contributed by atoms with Crippen LogP contribution in [0.2, 0.25) is 0 Å². The molecule has 3 unspecified atom stereocenters. The highest BCUT2D eigenvalue weighted by molar-refractivity contribution is 5.76. The van der Waals surface area contributed by atoms with E-state index in [-0.39, 0.29) is 11.8 Å². The number of carbonyl (C=O) groups is 1. The van der Waals surface area contributed by atoms with Crippen LogP contribution in [0.1, 0.15) is 116 Å². The van der Waals surface area contributed by atoms with Crippen molar-refractivity contribution >= 4 is 5.91 Å². The Morgan fingerprint density at radius 1 is 0.679 bits per heavy atom. The third-order valence-electron chi connectivity index (χ3n) is 6.33. The fourth-order valence-corrected chi connectivity index (χ4v) is 4.19. The van der Waals surface area contributed by atoms with Crippen LogP contribution in [0.4, 0.5) is 0 Å². The lowest BCUT2D eigenvalue weighted by molar-refractivity contribution is -0.122. The highest BCUT2D eigenvalue weighted by Crippen LogP contribution is 2.24. The molecule has 0 bridgehead atoms. The zero-order valence-corrected chi connectivity index (χ0v) is 18.2. The Bertz CT molecular complexity index is 393. The first-order chi connectivity index (χ1) is 13.8. The van der Waals surface area contributed by atoms with Gasteiger partial charge in [0.05, 0.1) is 25.4 Å². The Balaban J connectivity index is 1.22. The van der Waals surface area contributed by atoms with Gasteiger partial charge in [-0.15, -0.1) is 0 Å². The fourth-order valence-electron chi connectivity index (χ4n) is 4.19. The van der Waals surface area contributed by atoms with Gasteiger partial charge >= 0.3 is 0 Å². The van der Waals surface area contributed by atoms with Crippen molar-refractivity contribution in [1.82, 2.24) is 0 Å². The second kappa shape index (κ2) is 15.3. The van der Waals surface area contributed by atoms with Crippen LogP contribution in [-0.4, -0.2) is 31.3 Å². The van der Waals surface area contributed by atoms with Gasteiger partial charge in [-0.3, -0.25) is 4.79 Å². The quantitative estimate of drug-likeness (QED) is 0.194. The summed E-state index contributed by atoms with van der Waals surface area (Å²) >= 11 is 0. The predicted molar refractivity (Wildman–Crippen MR) is 115 cm³/mol. The van der Waals surface area contributed by atoms with Crippen LogP contribution in [0.3, 0.4) is 0 Å². The highest BCUT2D eigenvalue weighted by Gasteiger charge is 2.28. The lowest BCUT2D eigenvalue weighted by atomic mass is 9.95. The van der Waals surface area contributed by atoms with Crippen molar-refractivity contribution in [1.29, 1.82) is 0 Å². The molecule has 2 aliphatic heterocycles. The highest BCUT2D eigenvalue weighted by atomic mass is 16.6. The molecule has 4 nitrogen and oxygen atoms in total. The molecule has 2 aliphatic rings. The number of nitrogens with two attached hydrogens (primary N) is 1. The van der Waals surface area contributed by atoms with Crippen molar-refractivity contribution < 1.29 is 14.3 Å². The van der Waals surface area contributed by atoms with Crippen LogP contribution in [-0.2, 0) is 14.3 Å². The number of hydrogen-bond acceptors (Lipinski definition) is 3. The molecule has 0 saturated carbocycles. The monoisotopic (exact) mass is 395 g/mol. The van der Waals surface area contributed by atoms with Crippen molar-refractivity contribution in [3.8, 4) is 0 Å². The number of epoxide rings is 2. The largest absolute Gasteiger partial charge is 0.373 e. The molecule has 0 aliphatic carbocycles. The van der Waals surface area contributed by atoms with E-state index < -0.39 is 0 Å². The Morgan fingerprint density at radius 2 is 1.07 bits per heavy atom. The minimum atomic E-state index is -0.140. The minimum Gasteiger partial charge on any atom is -0.373 e. The van der Waals surface area contributed by atoms with Gasteiger partial charge < -0.3 is 15.2 Å². The van der Waals surface area contributed by atoms with E-state index in [0.29, 0.717) is 12.2 Å². The van der Waals surface area contributed by atoms with Crippen LogP contribution in [0.25, 0.3) is 0 Å². The number of primary amides is 1. The SMILES string of the molecule is NC(=O)C(CCCCCCCCCCCCCCCCCC1CO1)CC1CO1. The Morgan fingerprint density at radius 3 is 1.46 bits per heavy atom. The molecular formula is C24H45NO3. The molecule has 0 spiro atoms. The first-order valence-corrected chi connectivity index (χ1v) is 12.3. The topological polar surface area (TPSA) is 68.2 Å². The van der Waals surface area contributed by atoms with E-state index in [0.717, 1.165) is 32.5 Å². The van der Waals surface area contributed by atoms with Gasteiger partial charge in [-0.2, -0.15) is 0 Å². The summed E-state index contributed by atoms with van der Waals surface area (Å²) < 4.78 is 10.5. The summed E-state index contributed by atoms with van der Waals surface area (Å²) in [7, 11) is 0. The molecule has 0 aromatic carbocycles. The van der Waals surface area contributed by atoms with E-state index in [4.69, 9.17) is 15.2 Å². The maximum absolute atomic E-state index is 11.4. The van der Waals surface area contributed by atoms with Crippen molar-refractivity contribution in [3.05, 3.63) is 0 Å². The minimum absolute atomic E-state index is 0.0323. The first kappa shape index (κ1) is 23.7. The second-order valence-electron chi connectivity index (χ2n) is 9.13. The summed E-state index contributed by atoms with van der Waals surface area (Å²) in [6.45, 7) is 1.84. The summed E-state index contributed by atoms with van der Waals surface area (Å²) in [5, 5.41) is 0. The van der Waals surface area contributed by atoms with Crippen molar-refractivity contribution in [2.45, 2.75) is 128 Å². The third kappa shape index (κ3) is 13.5. The zero-order valence-electron chi connectivity index (χ0n) is 18.2. The molecule has 2 rings (SSSR count). The molecule has 1 amide bonds. The Hall–Kier alpha value is -0.610. The Kier molecular flexibility index (Phi) is 12.9. The number of rotatable bonds is 21. The van der Waals surface area contributed by atoms with Crippen LogP contribution in [0, 0.1) is 5.92 Å². The summed E-state index contributed by atoms with van der Waals surface area (Å²) in [6, 6.07) is 0. The van der Waals surface area contributed by atoms with Crippen LogP contribution >= 0.6 is 0 Å². The zero-order chi connectivity index (χ0) is 19.9. The Labute approximate surface area is 173 Å². The van der Waals surface area contributed by atoms with E-state index in [1.807, 2.05) is 0 Å². The van der Waals surface area contributed by atoms with E-state index in [1.54, 1.807) is 0 Å². The van der Waals surface area contributed by atoms with Crippen LogP contribution in [0.15, 0.2) is 0 Å². The summed E-state index contributed by atoms with van der Waals surface area (Å²) in [6.07, 6.45) is 24.5. The number of hydrogen-bond donors (Lipinski definition) is 1. The van der Waals surface area contributed by atoms with Gasteiger partial charge in [0.1, 0.15) is 0 Å². The van der Waals surface area contributed by atoms with Gasteiger partial charge in [0, 0.05) is 5.92 Å². The molecule has 164 valence electrons. The maximum atomic E-state index is 11.4. The third-order valence-corrected chi connectivity index (χ3v) is 6.33. The maximum Gasteiger partial charge on any atom is 0.220 e. The van der Waals surface area contributed by atoms with E-state index >= 15 is 0 Å². The number of ether oxygens (including phenoxy) is 2. The molecule has 2 saturated heterocycles. The van der Waals surface area contributed by atoms with Gasteiger partial charge in [0.25, 0.3) is 0 Å². The fraction of sp³-hybridized carbons (Fsp3) is 0.958. The molecule has 4 heteroatoms. The van der Waals surface area contributed by atoms with Crippen LogP contribution < -0.4 is 5.73 Å². The molecular weight excluding hydrogens is 350 g/mol. The summed E-state index contributed by atoms with van der Waals surface area (Å²) in [5.41, 5.74) is 5.49. The molecule has 28 heavy (non-hydrogen) atoms. The lowest BCUT2D eigenvalue weighted by Crippen LogP contribution is -2.24. The lowest BCUT2D eigenvalue weighted by Gasteiger charge is -2.11.